The molecule has 0 radical (unpaired) electrons. The number of benzene rings is 2. The lowest BCUT2D eigenvalue weighted by atomic mass is 9.96. The third-order valence-electron chi connectivity index (χ3n) is 3.60. The van der Waals surface area contributed by atoms with Crippen molar-refractivity contribution in [2.75, 3.05) is 20.6 Å². The molecule has 0 unspecified atom stereocenters. The van der Waals surface area contributed by atoms with Gasteiger partial charge in [0.25, 0.3) is 0 Å². The summed E-state index contributed by atoms with van der Waals surface area (Å²) < 4.78 is 0. The number of fused-ring (bicyclic) bond motifs is 2. The molecule has 3 rings (SSSR count). The highest BCUT2D eigenvalue weighted by atomic mass is 32.2. The summed E-state index contributed by atoms with van der Waals surface area (Å²) >= 11 is 6.52. The molecule has 2 aromatic carbocycles. The van der Waals surface area contributed by atoms with Gasteiger partial charge < -0.3 is 4.90 Å². The predicted molar refractivity (Wildman–Crippen MR) is 94.5 cm³/mol. The Labute approximate surface area is 136 Å². The first-order valence-electron chi connectivity index (χ1n) is 7.11. The Hall–Kier alpha value is -1.16. The molecule has 0 saturated heterocycles. The number of hydrogen-bond donors (Lipinski definition) is 1. The topological polar surface area (TPSA) is 3.24 Å². The standard InChI is InChI=1S/C18H19NS2/c1-19(2)12-6-8-14-13-7-3-4-10-16(13)21-17-11-5-9-15(20)18(14)17/h3-5,7-11,20H,6,12H2,1-2H3. The summed E-state index contributed by atoms with van der Waals surface area (Å²) in [6.07, 6.45) is 3.40. The molecule has 2 aromatic rings. The van der Waals surface area contributed by atoms with Crippen molar-refractivity contribution in [2.24, 2.45) is 0 Å². The fourth-order valence-electron chi connectivity index (χ4n) is 2.59. The van der Waals surface area contributed by atoms with E-state index in [1.165, 1.54) is 26.5 Å². The minimum atomic E-state index is 1.04. The fourth-order valence-corrected chi connectivity index (χ4v) is 4.13. The van der Waals surface area contributed by atoms with Gasteiger partial charge in [-0.3, -0.25) is 0 Å². The summed E-state index contributed by atoms with van der Waals surface area (Å²) in [7, 11) is 4.22. The normalized spacial score (nSPS) is 15.1. The number of nitrogens with zero attached hydrogens (tertiary/aromatic N) is 1. The van der Waals surface area contributed by atoms with Crippen LogP contribution in [-0.2, 0) is 0 Å². The Kier molecular flexibility index (Phi) is 4.43. The summed E-state index contributed by atoms with van der Waals surface area (Å²) in [6.45, 7) is 1.06. The quantitative estimate of drug-likeness (QED) is 0.690. The zero-order valence-electron chi connectivity index (χ0n) is 12.3. The molecule has 0 amide bonds. The smallest absolute Gasteiger partial charge is 0.0212 e. The van der Waals surface area contributed by atoms with E-state index in [1.54, 1.807) is 0 Å². The molecule has 108 valence electrons. The van der Waals surface area contributed by atoms with E-state index in [0.717, 1.165) is 17.9 Å². The van der Waals surface area contributed by atoms with Crippen LogP contribution in [0.1, 0.15) is 17.5 Å². The first-order valence-corrected chi connectivity index (χ1v) is 8.37. The summed E-state index contributed by atoms with van der Waals surface area (Å²) in [4.78, 5) is 5.91. The molecule has 0 aliphatic carbocycles. The van der Waals surface area contributed by atoms with E-state index >= 15 is 0 Å². The Bertz CT molecular complexity index is 689. The molecule has 0 bridgehead atoms. The number of hydrogen-bond acceptors (Lipinski definition) is 3. The highest BCUT2D eigenvalue weighted by Gasteiger charge is 2.21. The van der Waals surface area contributed by atoms with Gasteiger partial charge in [0.15, 0.2) is 0 Å². The molecule has 1 aliphatic rings. The summed E-state index contributed by atoms with van der Waals surface area (Å²) in [6, 6.07) is 15.0. The van der Waals surface area contributed by atoms with Crippen LogP contribution in [0.25, 0.3) is 5.57 Å². The van der Waals surface area contributed by atoms with Crippen molar-refractivity contribution in [3.8, 4) is 0 Å². The molecule has 1 heterocycles. The second kappa shape index (κ2) is 6.30. The highest BCUT2D eigenvalue weighted by Crippen LogP contribution is 2.47. The van der Waals surface area contributed by atoms with Gasteiger partial charge in [0.1, 0.15) is 0 Å². The van der Waals surface area contributed by atoms with Gasteiger partial charge in [0.2, 0.25) is 0 Å². The van der Waals surface area contributed by atoms with Crippen LogP contribution in [0.4, 0.5) is 0 Å². The van der Waals surface area contributed by atoms with Crippen LogP contribution in [-0.4, -0.2) is 25.5 Å². The van der Waals surface area contributed by atoms with E-state index < -0.39 is 0 Å². The van der Waals surface area contributed by atoms with Crippen molar-refractivity contribution in [3.63, 3.8) is 0 Å². The summed E-state index contributed by atoms with van der Waals surface area (Å²) in [5, 5.41) is 0. The van der Waals surface area contributed by atoms with Crippen molar-refractivity contribution in [1.29, 1.82) is 0 Å². The molecule has 0 aromatic heterocycles. The van der Waals surface area contributed by atoms with Crippen molar-refractivity contribution < 1.29 is 0 Å². The van der Waals surface area contributed by atoms with E-state index in [0.29, 0.717) is 0 Å². The molecular weight excluding hydrogens is 294 g/mol. The van der Waals surface area contributed by atoms with Gasteiger partial charge in [-0.2, -0.15) is 0 Å². The van der Waals surface area contributed by atoms with Gasteiger partial charge in [-0.15, -0.1) is 12.6 Å². The van der Waals surface area contributed by atoms with Gasteiger partial charge in [-0.1, -0.05) is 42.1 Å². The van der Waals surface area contributed by atoms with E-state index in [2.05, 4.69) is 80.2 Å². The zero-order valence-corrected chi connectivity index (χ0v) is 14.0. The molecule has 0 atom stereocenters. The van der Waals surface area contributed by atoms with Crippen LogP contribution < -0.4 is 0 Å². The number of rotatable bonds is 3. The maximum absolute atomic E-state index is 4.68. The van der Waals surface area contributed by atoms with Gasteiger partial charge in [0.05, 0.1) is 0 Å². The van der Waals surface area contributed by atoms with E-state index in [1.807, 2.05) is 11.8 Å². The largest absolute Gasteiger partial charge is 0.309 e. The Morgan fingerprint density at radius 2 is 1.81 bits per heavy atom. The Morgan fingerprint density at radius 1 is 1.05 bits per heavy atom. The monoisotopic (exact) mass is 313 g/mol. The third kappa shape index (κ3) is 3.05. The van der Waals surface area contributed by atoms with Crippen LogP contribution in [0, 0.1) is 0 Å². The van der Waals surface area contributed by atoms with Crippen LogP contribution in [0.2, 0.25) is 0 Å². The molecule has 21 heavy (non-hydrogen) atoms. The van der Waals surface area contributed by atoms with Crippen molar-refractivity contribution in [2.45, 2.75) is 21.1 Å². The average molecular weight is 313 g/mol. The SMILES string of the molecule is CN(C)CCC=C1c2ccccc2Sc2cccc(S)c21. The van der Waals surface area contributed by atoms with Crippen LogP contribution >= 0.6 is 24.4 Å². The maximum Gasteiger partial charge on any atom is 0.0212 e. The van der Waals surface area contributed by atoms with Crippen molar-refractivity contribution in [1.82, 2.24) is 4.90 Å². The van der Waals surface area contributed by atoms with Gasteiger partial charge in [-0.25, -0.2) is 0 Å². The van der Waals surface area contributed by atoms with Crippen molar-refractivity contribution >= 4 is 30.0 Å². The molecule has 0 N–H and O–H groups in total. The molecule has 0 spiro atoms. The number of thiol groups is 1. The second-order valence-corrected chi connectivity index (χ2v) is 7.02. The molecule has 0 fully saturated rings. The highest BCUT2D eigenvalue weighted by molar-refractivity contribution is 7.99. The first kappa shape index (κ1) is 14.8. The van der Waals surface area contributed by atoms with E-state index in [-0.39, 0.29) is 0 Å². The predicted octanol–water partition coefficient (Wildman–Crippen LogP) is 4.82. The van der Waals surface area contributed by atoms with E-state index in [9.17, 15) is 0 Å². The van der Waals surface area contributed by atoms with Crippen LogP contribution in [0.15, 0.2) is 63.2 Å². The van der Waals surface area contributed by atoms with E-state index in [4.69, 9.17) is 0 Å². The van der Waals surface area contributed by atoms with Crippen LogP contribution in [0.3, 0.4) is 0 Å². The average Bonchev–Trinajstić information content (AvgIpc) is 2.46. The zero-order chi connectivity index (χ0) is 14.8. The van der Waals surface area contributed by atoms with Gasteiger partial charge in [0, 0.05) is 26.8 Å². The van der Waals surface area contributed by atoms with Crippen LogP contribution in [0.5, 0.6) is 0 Å². The summed E-state index contributed by atoms with van der Waals surface area (Å²) in [5.74, 6) is 0. The molecule has 0 saturated carbocycles. The minimum Gasteiger partial charge on any atom is -0.309 e. The lowest BCUT2D eigenvalue weighted by molar-refractivity contribution is 0.417. The Morgan fingerprint density at radius 3 is 2.62 bits per heavy atom. The fraction of sp³-hybridized carbons (Fsp3) is 0.222. The second-order valence-electron chi connectivity index (χ2n) is 5.46. The molecular formula is C18H19NS2. The summed E-state index contributed by atoms with van der Waals surface area (Å²) in [5.41, 5.74) is 3.94. The molecule has 3 heteroatoms. The lowest BCUT2D eigenvalue weighted by Gasteiger charge is -2.23. The van der Waals surface area contributed by atoms with Crippen molar-refractivity contribution in [3.05, 3.63) is 59.7 Å². The lowest BCUT2D eigenvalue weighted by Crippen LogP contribution is -2.12. The molecule has 1 aliphatic heterocycles. The Balaban J connectivity index is 2.09. The molecule has 1 nitrogen and oxygen atoms in total. The van der Waals surface area contributed by atoms with Gasteiger partial charge >= 0.3 is 0 Å². The van der Waals surface area contributed by atoms with Gasteiger partial charge in [-0.05, 0) is 49.9 Å². The maximum atomic E-state index is 4.68. The third-order valence-corrected chi connectivity index (χ3v) is 5.10. The minimum absolute atomic E-state index is 1.04. The first-order chi connectivity index (χ1) is 10.2.